The molecular formula is C12H12N2O2. The first-order valence-electron chi connectivity index (χ1n) is 4.99. The van der Waals surface area contributed by atoms with Gasteiger partial charge in [0.15, 0.2) is 0 Å². The zero-order chi connectivity index (χ0) is 11.5. The largest absolute Gasteiger partial charge is 0.331 e. The molecule has 1 heterocycles. The Morgan fingerprint density at radius 1 is 1.06 bits per heavy atom. The number of rotatable bonds is 2. The molecule has 4 nitrogen and oxygen atoms in total. The summed E-state index contributed by atoms with van der Waals surface area (Å²) in [4.78, 5) is 23.3. The van der Waals surface area contributed by atoms with Crippen LogP contribution in [0.2, 0.25) is 0 Å². The van der Waals surface area contributed by atoms with Crippen LogP contribution in [0.1, 0.15) is 5.56 Å². The van der Waals surface area contributed by atoms with Gasteiger partial charge in [-0.1, -0.05) is 30.3 Å². The molecule has 0 aliphatic heterocycles. The summed E-state index contributed by atoms with van der Waals surface area (Å²) < 4.78 is 2.61. The topological polar surface area (TPSA) is 44.0 Å². The third-order valence-electron chi connectivity index (χ3n) is 2.42. The first kappa shape index (κ1) is 10.4. The summed E-state index contributed by atoms with van der Waals surface area (Å²) in [5, 5.41) is 0. The number of aromatic nitrogens is 2. The molecule has 0 radical (unpaired) electrons. The molecule has 82 valence electrons. The van der Waals surface area contributed by atoms with E-state index in [-0.39, 0.29) is 11.2 Å². The molecule has 16 heavy (non-hydrogen) atoms. The maximum Gasteiger partial charge on any atom is 0.331 e. The van der Waals surface area contributed by atoms with Crippen LogP contribution in [0, 0.1) is 0 Å². The molecule has 0 bridgehead atoms. The summed E-state index contributed by atoms with van der Waals surface area (Å²) in [6, 6.07) is 10.8. The molecule has 0 aliphatic rings. The molecule has 1 aromatic carbocycles. The maximum absolute atomic E-state index is 11.7. The third kappa shape index (κ3) is 1.95. The lowest BCUT2D eigenvalue weighted by atomic mass is 10.2. The molecule has 0 atom stereocenters. The summed E-state index contributed by atoms with van der Waals surface area (Å²) in [6.45, 7) is 0.313. The van der Waals surface area contributed by atoms with Gasteiger partial charge in [0.1, 0.15) is 0 Å². The maximum atomic E-state index is 11.7. The van der Waals surface area contributed by atoms with E-state index < -0.39 is 0 Å². The monoisotopic (exact) mass is 216 g/mol. The first-order valence-corrected chi connectivity index (χ1v) is 4.99. The zero-order valence-corrected chi connectivity index (χ0v) is 8.96. The molecule has 0 unspecified atom stereocenters. The second kappa shape index (κ2) is 4.18. The minimum atomic E-state index is -0.295. The molecule has 0 N–H and O–H groups in total. The second-order valence-corrected chi connectivity index (χ2v) is 3.62. The molecule has 0 saturated heterocycles. The molecule has 4 heteroatoms. The summed E-state index contributed by atoms with van der Waals surface area (Å²) in [7, 11) is 1.63. The van der Waals surface area contributed by atoms with E-state index in [9.17, 15) is 9.59 Å². The van der Waals surface area contributed by atoms with Crippen LogP contribution in [0.4, 0.5) is 0 Å². The summed E-state index contributed by atoms with van der Waals surface area (Å²) in [5.74, 6) is 0. The Hall–Kier alpha value is -2.10. The van der Waals surface area contributed by atoms with Gasteiger partial charge < -0.3 is 4.57 Å². The van der Waals surface area contributed by atoms with Crippen LogP contribution in [0.25, 0.3) is 0 Å². The Labute approximate surface area is 92.4 Å². The Bertz CT molecular complexity index is 596. The second-order valence-electron chi connectivity index (χ2n) is 3.62. The van der Waals surface area contributed by atoms with E-state index in [1.54, 1.807) is 7.05 Å². The molecule has 0 saturated carbocycles. The molecule has 2 rings (SSSR count). The van der Waals surface area contributed by atoms with E-state index in [4.69, 9.17) is 0 Å². The standard InChI is InChI=1S/C12H12N2O2/c1-13-8-7-11(15)14(12(13)16)9-10-5-3-2-4-6-10/h2-8H,9H2,1H3. The van der Waals surface area contributed by atoms with Gasteiger partial charge in [-0.25, -0.2) is 4.79 Å². The normalized spacial score (nSPS) is 10.3. The van der Waals surface area contributed by atoms with E-state index in [1.807, 2.05) is 30.3 Å². The van der Waals surface area contributed by atoms with Gasteiger partial charge in [-0.2, -0.15) is 0 Å². The van der Waals surface area contributed by atoms with Gasteiger partial charge in [0.05, 0.1) is 6.54 Å². The van der Waals surface area contributed by atoms with E-state index in [1.165, 1.54) is 21.4 Å². The SMILES string of the molecule is Cn1ccc(=O)n(Cc2ccccc2)c1=O. The highest BCUT2D eigenvalue weighted by atomic mass is 16.2. The lowest BCUT2D eigenvalue weighted by Gasteiger charge is -2.06. The fourth-order valence-corrected chi connectivity index (χ4v) is 1.53. The van der Waals surface area contributed by atoms with Gasteiger partial charge in [0, 0.05) is 19.3 Å². The van der Waals surface area contributed by atoms with Crippen molar-refractivity contribution in [2.45, 2.75) is 6.54 Å². The highest BCUT2D eigenvalue weighted by molar-refractivity contribution is 5.15. The van der Waals surface area contributed by atoms with Crippen molar-refractivity contribution in [3.8, 4) is 0 Å². The quantitative estimate of drug-likeness (QED) is 0.737. The molecule has 0 fully saturated rings. The van der Waals surface area contributed by atoms with Gasteiger partial charge in [-0.05, 0) is 5.56 Å². The first-order chi connectivity index (χ1) is 7.68. The van der Waals surface area contributed by atoms with Crippen molar-refractivity contribution in [1.29, 1.82) is 0 Å². The van der Waals surface area contributed by atoms with Gasteiger partial charge in [0.2, 0.25) is 0 Å². The number of aryl methyl sites for hydroxylation is 1. The van der Waals surface area contributed by atoms with Gasteiger partial charge in [-0.3, -0.25) is 9.36 Å². The van der Waals surface area contributed by atoms with E-state index >= 15 is 0 Å². The van der Waals surface area contributed by atoms with Gasteiger partial charge in [0.25, 0.3) is 5.56 Å². The molecular weight excluding hydrogens is 204 g/mol. The molecule has 2 aromatic rings. The van der Waals surface area contributed by atoms with Gasteiger partial charge in [-0.15, -0.1) is 0 Å². The Balaban J connectivity index is 2.47. The number of nitrogens with zero attached hydrogens (tertiary/aromatic N) is 2. The third-order valence-corrected chi connectivity index (χ3v) is 2.42. The average molecular weight is 216 g/mol. The van der Waals surface area contributed by atoms with Crippen LogP contribution in [-0.2, 0) is 13.6 Å². The number of benzene rings is 1. The minimum Gasteiger partial charge on any atom is -0.303 e. The predicted octanol–water partition coefficient (Wildman–Crippen LogP) is 0.595. The molecule has 0 amide bonds. The van der Waals surface area contributed by atoms with Crippen molar-refractivity contribution < 1.29 is 0 Å². The van der Waals surface area contributed by atoms with Crippen molar-refractivity contribution in [3.05, 3.63) is 69.0 Å². The van der Waals surface area contributed by atoms with E-state index in [2.05, 4.69) is 0 Å². The lowest BCUT2D eigenvalue weighted by Crippen LogP contribution is -2.38. The summed E-state index contributed by atoms with van der Waals surface area (Å²) >= 11 is 0. The fraction of sp³-hybridized carbons (Fsp3) is 0.167. The Morgan fingerprint density at radius 3 is 2.44 bits per heavy atom. The van der Waals surface area contributed by atoms with Crippen molar-refractivity contribution >= 4 is 0 Å². The van der Waals surface area contributed by atoms with Crippen LogP contribution in [0.3, 0.4) is 0 Å². The van der Waals surface area contributed by atoms with Crippen LogP contribution < -0.4 is 11.2 Å². The van der Waals surface area contributed by atoms with E-state index in [0.29, 0.717) is 6.54 Å². The van der Waals surface area contributed by atoms with Crippen molar-refractivity contribution in [2.24, 2.45) is 7.05 Å². The van der Waals surface area contributed by atoms with Crippen LogP contribution in [0.15, 0.2) is 52.2 Å². The summed E-state index contributed by atoms with van der Waals surface area (Å²) in [6.07, 6.45) is 1.48. The van der Waals surface area contributed by atoms with E-state index in [0.717, 1.165) is 5.56 Å². The Kier molecular flexibility index (Phi) is 2.72. The molecule has 1 aromatic heterocycles. The Morgan fingerprint density at radius 2 is 1.75 bits per heavy atom. The average Bonchev–Trinajstić information content (AvgIpc) is 2.31. The highest BCUT2D eigenvalue weighted by Crippen LogP contribution is 1.98. The smallest absolute Gasteiger partial charge is 0.303 e. The van der Waals surface area contributed by atoms with Crippen molar-refractivity contribution in [1.82, 2.24) is 9.13 Å². The van der Waals surface area contributed by atoms with Crippen LogP contribution in [-0.4, -0.2) is 9.13 Å². The summed E-state index contributed by atoms with van der Waals surface area (Å²) in [5.41, 5.74) is 0.371. The van der Waals surface area contributed by atoms with Gasteiger partial charge >= 0.3 is 5.69 Å². The fourth-order valence-electron chi connectivity index (χ4n) is 1.53. The molecule has 0 spiro atoms. The van der Waals surface area contributed by atoms with Crippen LogP contribution >= 0.6 is 0 Å². The van der Waals surface area contributed by atoms with Crippen LogP contribution in [0.5, 0.6) is 0 Å². The minimum absolute atomic E-state index is 0.271. The lowest BCUT2D eigenvalue weighted by molar-refractivity contribution is 0.639. The number of hydrogen-bond acceptors (Lipinski definition) is 2. The predicted molar refractivity (Wildman–Crippen MR) is 61.5 cm³/mol. The number of hydrogen-bond donors (Lipinski definition) is 0. The van der Waals surface area contributed by atoms with Crippen molar-refractivity contribution in [2.75, 3.05) is 0 Å². The van der Waals surface area contributed by atoms with Crippen molar-refractivity contribution in [3.63, 3.8) is 0 Å². The zero-order valence-electron chi connectivity index (χ0n) is 8.96. The molecule has 0 aliphatic carbocycles. The highest BCUT2D eigenvalue weighted by Gasteiger charge is 2.02.